The van der Waals surface area contributed by atoms with Crippen LogP contribution in [0.4, 0.5) is 5.82 Å². The van der Waals surface area contributed by atoms with Crippen molar-refractivity contribution in [3.8, 4) is 0 Å². The van der Waals surface area contributed by atoms with Gasteiger partial charge in [-0.1, -0.05) is 35.9 Å². The molecular weight excluding hydrogens is 286 g/mol. The summed E-state index contributed by atoms with van der Waals surface area (Å²) in [5.41, 5.74) is 4.06. The van der Waals surface area contributed by atoms with Crippen molar-refractivity contribution in [2.75, 3.05) is 11.9 Å². The Morgan fingerprint density at radius 2 is 1.76 bits per heavy atom. The van der Waals surface area contributed by atoms with E-state index < -0.39 is 0 Å². The number of hydrogen-bond donors (Lipinski definition) is 1. The number of ether oxygens (including phenoxy) is 1. The van der Waals surface area contributed by atoms with Crippen molar-refractivity contribution in [1.29, 1.82) is 0 Å². The van der Waals surface area contributed by atoms with Gasteiger partial charge in [0.15, 0.2) is 11.0 Å². The zero-order valence-corrected chi connectivity index (χ0v) is 13.4. The van der Waals surface area contributed by atoms with Crippen LogP contribution in [0.5, 0.6) is 0 Å². The Balaban J connectivity index is 2.11. The average Bonchev–Trinajstić information content (AvgIpc) is 2.48. The maximum absolute atomic E-state index is 6.13. The molecule has 2 aromatic rings. The Morgan fingerprint density at radius 1 is 1.10 bits per heavy atom. The lowest BCUT2D eigenvalue weighted by Gasteiger charge is -2.12. The second-order valence-electron chi connectivity index (χ2n) is 4.79. The zero-order valence-electron chi connectivity index (χ0n) is 12.6. The van der Waals surface area contributed by atoms with Gasteiger partial charge in [0.05, 0.1) is 18.0 Å². The maximum atomic E-state index is 6.13. The number of halogens is 1. The van der Waals surface area contributed by atoms with Crippen molar-refractivity contribution in [3.63, 3.8) is 0 Å². The average molecular weight is 306 g/mol. The molecule has 0 aliphatic rings. The Hall–Kier alpha value is -1.65. The van der Waals surface area contributed by atoms with E-state index in [-0.39, 0.29) is 0 Å². The van der Waals surface area contributed by atoms with Gasteiger partial charge in [0, 0.05) is 13.2 Å². The predicted molar refractivity (Wildman–Crippen MR) is 85.6 cm³/mol. The van der Waals surface area contributed by atoms with E-state index >= 15 is 0 Å². The fraction of sp³-hybridized carbons (Fsp3) is 0.375. The van der Waals surface area contributed by atoms with Crippen LogP contribution in [0, 0.1) is 13.8 Å². The number of nitrogens with zero attached hydrogens (tertiary/aromatic N) is 2. The molecule has 1 N–H and O–H groups in total. The maximum Gasteiger partial charge on any atom is 0.171 e. The van der Waals surface area contributed by atoms with Gasteiger partial charge in [0.25, 0.3) is 0 Å². The SMILES string of the molecule is CCOCc1ccccc1CNc1nc(C)c(C)nc1Cl. The summed E-state index contributed by atoms with van der Waals surface area (Å²) in [4.78, 5) is 8.72. The molecule has 0 fully saturated rings. The lowest BCUT2D eigenvalue weighted by atomic mass is 10.1. The summed E-state index contributed by atoms with van der Waals surface area (Å²) in [6, 6.07) is 8.17. The molecule has 0 atom stereocenters. The number of hydrogen-bond acceptors (Lipinski definition) is 4. The molecule has 0 aliphatic carbocycles. The van der Waals surface area contributed by atoms with Gasteiger partial charge in [0.1, 0.15) is 0 Å². The Morgan fingerprint density at radius 3 is 2.48 bits per heavy atom. The molecule has 5 heteroatoms. The minimum atomic E-state index is 0.403. The van der Waals surface area contributed by atoms with Crippen molar-refractivity contribution < 1.29 is 4.74 Å². The first-order chi connectivity index (χ1) is 10.1. The molecule has 112 valence electrons. The van der Waals surface area contributed by atoms with E-state index in [2.05, 4.69) is 27.4 Å². The summed E-state index contributed by atoms with van der Waals surface area (Å²) in [7, 11) is 0. The van der Waals surface area contributed by atoms with E-state index in [0.717, 1.165) is 11.4 Å². The van der Waals surface area contributed by atoms with E-state index in [1.54, 1.807) is 0 Å². The lowest BCUT2D eigenvalue weighted by Crippen LogP contribution is -2.07. The topological polar surface area (TPSA) is 47.0 Å². The van der Waals surface area contributed by atoms with Crippen LogP contribution in [-0.2, 0) is 17.9 Å². The molecule has 0 saturated heterocycles. The van der Waals surface area contributed by atoms with E-state index in [0.29, 0.717) is 30.7 Å². The second-order valence-corrected chi connectivity index (χ2v) is 5.15. The third kappa shape index (κ3) is 4.16. The van der Waals surface area contributed by atoms with Crippen LogP contribution >= 0.6 is 11.6 Å². The number of benzene rings is 1. The van der Waals surface area contributed by atoms with Crippen LogP contribution in [0.3, 0.4) is 0 Å². The molecule has 0 unspecified atom stereocenters. The summed E-state index contributed by atoms with van der Waals surface area (Å²) in [5, 5.41) is 3.66. The number of rotatable bonds is 6. The van der Waals surface area contributed by atoms with Crippen LogP contribution in [0.25, 0.3) is 0 Å². The fourth-order valence-electron chi connectivity index (χ4n) is 1.95. The highest BCUT2D eigenvalue weighted by molar-refractivity contribution is 6.31. The molecule has 2 rings (SSSR count). The largest absolute Gasteiger partial charge is 0.377 e. The Bertz CT molecular complexity index is 616. The first kappa shape index (κ1) is 15.7. The van der Waals surface area contributed by atoms with E-state index in [1.165, 1.54) is 11.1 Å². The van der Waals surface area contributed by atoms with E-state index in [1.807, 2.05) is 32.9 Å². The lowest BCUT2D eigenvalue weighted by molar-refractivity contribution is 0.133. The third-order valence-electron chi connectivity index (χ3n) is 3.29. The monoisotopic (exact) mass is 305 g/mol. The molecule has 0 radical (unpaired) electrons. The molecule has 1 heterocycles. The third-order valence-corrected chi connectivity index (χ3v) is 3.55. The molecular formula is C16H20ClN3O. The highest BCUT2D eigenvalue weighted by Crippen LogP contribution is 2.20. The summed E-state index contributed by atoms with van der Waals surface area (Å²) in [6.45, 7) is 7.77. The van der Waals surface area contributed by atoms with Crippen molar-refractivity contribution in [3.05, 3.63) is 51.9 Å². The first-order valence-electron chi connectivity index (χ1n) is 7.01. The van der Waals surface area contributed by atoms with Crippen LogP contribution in [-0.4, -0.2) is 16.6 Å². The minimum absolute atomic E-state index is 0.403. The summed E-state index contributed by atoms with van der Waals surface area (Å²) >= 11 is 6.13. The van der Waals surface area contributed by atoms with Crippen molar-refractivity contribution >= 4 is 17.4 Å². The van der Waals surface area contributed by atoms with Crippen LogP contribution in [0.15, 0.2) is 24.3 Å². The molecule has 0 aliphatic heterocycles. The standard InChI is InChI=1S/C16H20ClN3O/c1-4-21-10-14-8-6-5-7-13(14)9-18-16-15(17)19-11(2)12(3)20-16/h5-8H,4,9-10H2,1-3H3,(H,18,20). The van der Waals surface area contributed by atoms with Crippen LogP contribution in [0.1, 0.15) is 29.4 Å². The molecule has 1 aromatic carbocycles. The molecule has 0 amide bonds. The highest BCUT2D eigenvalue weighted by Gasteiger charge is 2.08. The molecule has 0 bridgehead atoms. The van der Waals surface area contributed by atoms with Crippen molar-refractivity contribution in [1.82, 2.24) is 9.97 Å². The molecule has 4 nitrogen and oxygen atoms in total. The van der Waals surface area contributed by atoms with Gasteiger partial charge in [-0.3, -0.25) is 0 Å². The predicted octanol–water partition coefficient (Wildman–Crippen LogP) is 3.90. The van der Waals surface area contributed by atoms with Crippen LogP contribution in [0.2, 0.25) is 5.15 Å². The Labute approximate surface area is 130 Å². The number of nitrogens with one attached hydrogen (secondary N) is 1. The van der Waals surface area contributed by atoms with Crippen molar-refractivity contribution in [2.45, 2.75) is 33.9 Å². The van der Waals surface area contributed by atoms with Gasteiger partial charge < -0.3 is 10.1 Å². The molecule has 0 saturated carbocycles. The fourth-order valence-corrected chi connectivity index (χ4v) is 2.19. The van der Waals surface area contributed by atoms with E-state index in [4.69, 9.17) is 16.3 Å². The summed E-state index contributed by atoms with van der Waals surface area (Å²) in [6.07, 6.45) is 0. The first-order valence-corrected chi connectivity index (χ1v) is 7.38. The number of aryl methyl sites for hydroxylation is 2. The molecule has 0 spiro atoms. The highest BCUT2D eigenvalue weighted by atomic mass is 35.5. The van der Waals surface area contributed by atoms with Gasteiger partial charge in [-0.25, -0.2) is 9.97 Å². The zero-order chi connectivity index (χ0) is 15.2. The summed E-state index contributed by atoms with van der Waals surface area (Å²) in [5.74, 6) is 0.617. The number of anilines is 1. The minimum Gasteiger partial charge on any atom is -0.377 e. The smallest absolute Gasteiger partial charge is 0.171 e. The molecule has 1 aromatic heterocycles. The summed E-state index contributed by atoms with van der Waals surface area (Å²) < 4.78 is 5.49. The van der Waals surface area contributed by atoms with Gasteiger partial charge in [0.2, 0.25) is 0 Å². The van der Waals surface area contributed by atoms with Gasteiger partial charge >= 0.3 is 0 Å². The van der Waals surface area contributed by atoms with Gasteiger partial charge in [-0.15, -0.1) is 0 Å². The van der Waals surface area contributed by atoms with Gasteiger partial charge in [-0.05, 0) is 31.9 Å². The van der Waals surface area contributed by atoms with Gasteiger partial charge in [-0.2, -0.15) is 0 Å². The normalized spacial score (nSPS) is 10.7. The van der Waals surface area contributed by atoms with Crippen molar-refractivity contribution in [2.24, 2.45) is 0 Å². The Kier molecular flexibility index (Phi) is 5.53. The number of aromatic nitrogens is 2. The quantitative estimate of drug-likeness (QED) is 0.879. The second kappa shape index (κ2) is 7.38. The van der Waals surface area contributed by atoms with Crippen LogP contribution < -0.4 is 5.32 Å². The van der Waals surface area contributed by atoms with E-state index in [9.17, 15) is 0 Å². The molecule has 21 heavy (non-hydrogen) atoms.